The Bertz CT molecular complexity index is 466. The minimum Gasteiger partial charge on any atom is -0.478 e. The van der Waals surface area contributed by atoms with Crippen molar-refractivity contribution in [2.24, 2.45) is 0 Å². The molecular weight excluding hydrogens is 320 g/mol. The summed E-state index contributed by atoms with van der Waals surface area (Å²) in [5, 5.41) is 32.2. The van der Waals surface area contributed by atoms with Crippen LogP contribution in [-0.2, 0) is 19.2 Å². The van der Waals surface area contributed by atoms with Gasteiger partial charge in [0.1, 0.15) is 0 Å². The fourth-order valence-electron chi connectivity index (χ4n) is 1.10. The van der Waals surface area contributed by atoms with Crippen LogP contribution in [0.4, 0.5) is 0 Å². The Balaban J connectivity index is -0.000000276. The number of carboxylic acid groups (broad SMARTS) is 4. The van der Waals surface area contributed by atoms with Crippen LogP contribution in [0, 0.1) is 0 Å². The summed E-state index contributed by atoms with van der Waals surface area (Å²) < 4.78 is 0. The molecule has 0 aliphatic heterocycles. The molecule has 0 aliphatic rings. The minimum absolute atomic E-state index is 0.477. The molecule has 24 heavy (non-hydrogen) atoms. The lowest BCUT2D eigenvalue weighted by molar-refractivity contribution is -0.134. The van der Waals surface area contributed by atoms with Crippen molar-refractivity contribution in [2.75, 3.05) is 0 Å². The molecule has 0 heterocycles. The molecule has 136 valence electrons. The van der Waals surface area contributed by atoms with Gasteiger partial charge in [-0.25, -0.2) is 19.2 Å². The van der Waals surface area contributed by atoms with E-state index in [4.69, 9.17) is 20.4 Å². The smallest absolute Gasteiger partial charge is 0.331 e. The van der Waals surface area contributed by atoms with E-state index in [0.29, 0.717) is 36.1 Å². The lowest BCUT2D eigenvalue weighted by atomic mass is 10.2. The van der Waals surface area contributed by atoms with Crippen LogP contribution < -0.4 is 0 Å². The predicted molar refractivity (Wildman–Crippen MR) is 87.8 cm³/mol. The number of hydrogen-bond acceptors (Lipinski definition) is 4. The van der Waals surface area contributed by atoms with Gasteiger partial charge in [-0.1, -0.05) is 26.0 Å². The molecule has 0 aromatic carbocycles. The number of rotatable bonds is 6. The zero-order chi connectivity index (χ0) is 19.7. The number of carboxylic acids is 4. The largest absolute Gasteiger partial charge is 0.478 e. The molecule has 0 saturated carbocycles. The zero-order valence-electron chi connectivity index (χ0n) is 14.1. The zero-order valence-corrected chi connectivity index (χ0v) is 14.1. The van der Waals surface area contributed by atoms with Crippen LogP contribution >= 0.6 is 0 Å². The van der Waals surface area contributed by atoms with E-state index in [1.807, 2.05) is 13.8 Å². The molecular formula is C16H24O8. The average molecular weight is 344 g/mol. The molecule has 0 fully saturated rings. The van der Waals surface area contributed by atoms with Crippen molar-refractivity contribution in [2.45, 2.75) is 40.5 Å². The molecule has 4 N–H and O–H groups in total. The topological polar surface area (TPSA) is 149 Å². The third-order valence-corrected chi connectivity index (χ3v) is 2.38. The first kappa shape index (κ1) is 26.0. The van der Waals surface area contributed by atoms with Crippen molar-refractivity contribution in [3.8, 4) is 0 Å². The number of carbonyl (C=O) groups is 4. The van der Waals surface area contributed by atoms with Gasteiger partial charge >= 0.3 is 23.9 Å². The van der Waals surface area contributed by atoms with Gasteiger partial charge in [0.15, 0.2) is 0 Å². The van der Waals surface area contributed by atoms with Gasteiger partial charge in [0.25, 0.3) is 0 Å². The van der Waals surface area contributed by atoms with Gasteiger partial charge < -0.3 is 20.4 Å². The number of allylic oxidation sites excluding steroid dienone is 2. The van der Waals surface area contributed by atoms with E-state index in [1.54, 1.807) is 26.0 Å². The van der Waals surface area contributed by atoms with Crippen molar-refractivity contribution < 1.29 is 39.6 Å². The van der Waals surface area contributed by atoms with Gasteiger partial charge in [0, 0.05) is 23.3 Å². The van der Waals surface area contributed by atoms with Crippen molar-refractivity contribution in [3.05, 3.63) is 35.5 Å². The van der Waals surface area contributed by atoms with E-state index in [1.165, 1.54) is 0 Å². The highest BCUT2D eigenvalue weighted by Gasteiger charge is 2.00. The quantitative estimate of drug-likeness (QED) is 0.537. The summed E-state index contributed by atoms with van der Waals surface area (Å²) in [5.41, 5.74) is 0.954. The second-order valence-electron chi connectivity index (χ2n) is 3.96. The monoisotopic (exact) mass is 344 g/mol. The normalized spacial score (nSPS) is 10.8. The maximum atomic E-state index is 10.1. The summed E-state index contributed by atoms with van der Waals surface area (Å²) in [6.45, 7) is 7.10. The summed E-state index contributed by atoms with van der Waals surface area (Å²) >= 11 is 0. The molecule has 0 bridgehead atoms. The standard InChI is InChI=1S/2C6H10O2.C4H4O4/c2*1-3-5(4-2)6(7)8;5-3(6)1-2-4(7)8/h2*3H,4H2,1-2H3,(H,7,8);1-2H,(H,5,6)(H,7,8). The molecule has 8 nitrogen and oxygen atoms in total. The van der Waals surface area contributed by atoms with Crippen molar-refractivity contribution in [1.29, 1.82) is 0 Å². The Morgan fingerprint density at radius 1 is 0.667 bits per heavy atom. The third kappa shape index (κ3) is 19.1. The van der Waals surface area contributed by atoms with Crippen LogP contribution in [0.2, 0.25) is 0 Å². The van der Waals surface area contributed by atoms with Gasteiger partial charge in [0.2, 0.25) is 0 Å². The highest BCUT2D eigenvalue weighted by Crippen LogP contribution is 1.98. The van der Waals surface area contributed by atoms with E-state index in [-0.39, 0.29) is 0 Å². The van der Waals surface area contributed by atoms with E-state index >= 15 is 0 Å². The highest BCUT2D eigenvalue weighted by atomic mass is 16.4. The molecule has 0 atom stereocenters. The number of hydrogen-bond donors (Lipinski definition) is 4. The first-order valence-corrected chi connectivity index (χ1v) is 6.97. The minimum atomic E-state index is -1.26. The molecule has 0 spiro atoms. The average Bonchev–Trinajstić information content (AvgIpc) is 2.48. The first-order valence-electron chi connectivity index (χ1n) is 6.97. The van der Waals surface area contributed by atoms with Gasteiger partial charge in [-0.15, -0.1) is 0 Å². The second kappa shape index (κ2) is 16.5. The summed E-state index contributed by atoms with van der Waals surface area (Å²) in [5.74, 6) is -4.13. The van der Waals surface area contributed by atoms with Crippen molar-refractivity contribution in [1.82, 2.24) is 0 Å². The van der Waals surface area contributed by atoms with E-state index in [2.05, 4.69) is 0 Å². The first-order chi connectivity index (χ1) is 11.1. The van der Waals surface area contributed by atoms with Gasteiger partial charge in [-0.2, -0.15) is 0 Å². The second-order valence-corrected chi connectivity index (χ2v) is 3.96. The van der Waals surface area contributed by atoms with Crippen LogP contribution in [-0.4, -0.2) is 44.3 Å². The maximum Gasteiger partial charge on any atom is 0.331 e. The summed E-state index contributed by atoms with van der Waals surface area (Å²) in [7, 11) is 0. The maximum absolute atomic E-state index is 10.1. The summed E-state index contributed by atoms with van der Waals surface area (Å²) in [4.78, 5) is 39.3. The van der Waals surface area contributed by atoms with E-state index in [9.17, 15) is 19.2 Å². The van der Waals surface area contributed by atoms with E-state index < -0.39 is 23.9 Å². The molecule has 8 heteroatoms. The summed E-state index contributed by atoms with van der Waals surface area (Å²) in [6, 6.07) is 0. The molecule has 0 saturated heterocycles. The van der Waals surface area contributed by atoms with Crippen molar-refractivity contribution >= 4 is 23.9 Å². The Hall–Kier alpha value is -2.90. The Labute approximate surface area is 140 Å². The molecule has 0 rings (SSSR count). The van der Waals surface area contributed by atoms with Crippen LogP contribution in [0.5, 0.6) is 0 Å². The molecule has 0 unspecified atom stereocenters. The molecule has 0 aliphatic carbocycles. The van der Waals surface area contributed by atoms with Crippen LogP contribution in [0.25, 0.3) is 0 Å². The Morgan fingerprint density at radius 3 is 0.958 bits per heavy atom. The fourth-order valence-corrected chi connectivity index (χ4v) is 1.10. The lowest BCUT2D eigenvalue weighted by Gasteiger charge is -1.91. The lowest BCUT2D eigenvalue weighted by Crippen LogP contribution is -1.97. The van der Waals surface area contributed by atoms with Crippen LogP contribution in [0.15, 0.2) is 35.5 Å². The Morgan fingerprint density at radius 2 is 0.917 bits per heavy atom. The Kier molecular flexibility index (Phi) is 17.9. The highest BCUT2D eigenvalue weighted by molar-refractivity contribution is 5.89. The SMILES string of the molecule is CC=C(CC)C(=O)O.CC=C(CC)C(=O)O.O=C(O)C=CC(=O)O. The van der Waals surface area contributed by atoms with Crippen molar-refractivity contribution in [3.63, 3.8) is 0 Å². The fraction of sp³-hybridized carbons (Fsp3) is 0.375. The third-order valence-electron chi connectivity index (χ3n) is 2.38. The molecule has 0 aromatic heterocycles. The van der Waals surface area contributed by atoms with Gasteiger partial charge in [0.05, 0.1) is 0 Å². The van der Waals surface area contributed by atoms with Gasteiger partial charge in [-0.05, 0) is 26.7 Å². The summed E-state index contributed by atoms with van der Waals surface area (Å²) in [6.07, 6.45) is 5.55. The van der Waals surface area contributed by atoms with Crippen LogP contribution in [0.1, 0.15) is 40.5 Å². The van der Waals surface area contributed by atoms with E-state index in [0.717, 1.165) is 0 Å². The van der Waals surface area contributed by atoms with Gasteiger partial charge in [-0.3, -0.25) is 0 Å². The van der Waals surface area contributed by atoms with Crippen LogP contribution in [0.3, 0.4) is 0 Å². The number of aliphatic carboxylic acids is 4. The molecule has 0 aromatic rings. The molecule has 0 amide bonds. The molecule has 0 radical (unpaired) electrons. The predicted octanol–water partition coefficient (Wildman–Crippen LogP) is 2.57.